The van der Waals surface area contributed by atoms with Gasteiger partial charge in [-0.25, -0.2) is 0 Å². The third-order valence-corrected chi connectivity index (χ3v) is 3.88. The molecule has 0 radical (unpaired) electrons. The van der Waals surface area contributed by atoms with E-state index in [1.807, 2.05) is 4.90 Å². The summed E-state index contributed by atoms with van der Waals surface area (Å²) >= 11 is 0. The maximum absolute atomic E-state index is 12.3. The van der Waals surface area contributed by atoms with Crippen molar-refractivity contribution in [1.82, 2.24) is 10.2 Å². The highest BCUT2D eigenvalue weighted by Crippen LogP contribution is 2.21. The number of ether oxygens (including phenoxy) is 1. The summed E-state index contributed by atoms with van der Waals surface area (Å²) < 4.78 is 5.46. The van der Waals surface area contributed by atoms with Gasteiger partial charge in [-0.2, -0.15) is 0 Å². The molecule has 18 heavy (non-hydrogen) atoms. The third kappa shape index (κ3) is 3.84. The van der Waals surface area contributed by atoms with Gasteiger partial charge in [-0.15, -0.1) is 12.4 Å². The molecule has 2 rings (SSSR count). The number of halogens is 1. The lowest BCUT2D eigenvalue weighted by atomic mass is 9.93. The molecule has 1 amide bonds. The van der Waals surface area contributed by atoms with Crippen LogP contribution in [0, 0.1) is 5.92 Å². The minimum Gasteiger partial charge on any atom is -0.377 e. The SMILES string of the molecule is CC1COCC(C)N1C(=O)CC1CCNCC1.Cl. The van der Waals surface area contributed by atoms with E-state index < -0.39 is 0 Å². The molecule has 2 aliphatic heterocycles. The molecule has 4 nitrogen and oxygen atoms in total. The number of carbonyl (C=O) groups excluding carboxylic acids is 1. The van der Waals surface area contributed by atoms with E-state index in [1.165, 1.54) is 0 Å². The maximum Gasteiger partial charge on any atom is 0.223 e. The number of amides is 1. The van der Waals surface area contributed by atoms with Crippen molar-refractivity contribution in [1.29, 1.82) is 0 Å². The molecule has 1 N–H and O–H groups in total. The standard InChI is InChI=1S/C13H24N2O2.ClH/c1-10-8-17-9-11(2)15(10)13(16)7-12-3-5-14-6-4-12;/h10-12,14H,3-9H2,1-2H3;1H. The average molecular weight is 277 g/mol. The van der Waals surface area contributed by atoms with Crippen LogP contribution in [-0.2, 0) is 9.53 Å². The molecule has 0 spiro atoms. The van der Waals surface area contributed by atoms with E-state index >= 15 is 0 Å². The monoisotopic (exact) mass is 276 g/mol. The van der Waals surface area contributed by atoms with E-state index in [1.54, 1.807) is 0 Å². The predicted molar refractivity (Wildman–Crippen MR) is 74.0 cm³/mol. The molecule has 0 aromatic heterocycles. The quantitative estimate of drug-likeness (QED) is 0.830. The van der Waals surface area contributed by atoms with Crippen LogP contribution >= 0.6 is 12.4 Å². The van der Waals surface area contributed by atoms with Crippen LogP contribution in [0.4, 0.5) is 0 Å². The van der Waals surface area contributed by atoms with Crippen LogP contribution in [-0.4, -0.2) is 49.2 Å². The number of carbonyl (C=O) groups is 1. The van der Waals surface area contributed by atoms with Crippen LogP contribution in [0.3, 0.4) is 0 Å². The van der Waals surface area contributed by atoms with Crippen molar-refractivity contribution in [2.24, 2.45) is 5.92 Å². The second kappa shape index (κ2) is 7.31. The van der Waals surface area contributed by atoms with Gasteiger partial charge in [0.1, 0.15) is 0 Å². The lowest BCUT2D eigenvalue weighted by Gasteiger charge is -2.39. The largest absolute Gasteiger partial charge is 0.377 e. The fourth-order valence-electron chi connectivity index (χ4n) is 2.93. The molecule has 2 fully saturated rings. The van der Waals surface area contributed by atoms with E-state index in [0.29, 0.717) is 25.0 Å². The summed E-state index contributed by atoms with van der Waals surface area (Å²) in [6, 6.07) is 0.459. The fourth-order valence-corrected chi connectivity index (χ4v) is 2.93. The van der Waals surface area contributed by atoms with Gasteiger partial charge in [0.2, 0.25) is 5.91 Å². The van der Waals surface area contributed by atoms with Gasteiger partial charge < -0.3 is 15.0 Å². The highest BCUT2D eigenvalue weighted by atomic mass is 35.5. The second-order valence-corrected chi connectivity index (χ2v) is 5.43. The minimum atomic E-state index is 0. The average Bonchev–Trinajstić information content (AvgIpc) is 2.30. The number of hydrogen-bond donors (Lipinski definition) is 1. The van der Waals surface area contributed by atoms with Gasteiger partial charge in [-0.3, -0.25) is 4.79 Å². The van der Waals surface area contributed by atoms with E-state index in [9.17, 15) is 4.79 Å². The zero-order valence-electron chi connectivity index (χ0n) is 11.4. The Kier molecular flexibility index (Phi) is 6.39. The number of nitrogens with one attached hydrogen (secondary N) is 1. The van der Waals surface area contributed by atoms with Crippen LogP contribution in [0.2, 0.25) is 0 Å². The first-order chi connectivity index (χ1) is 8.18. The van der Waals surface area contributed by atoms with E-state index in [0.717, 1.165) is 32.4 Å². The Bertz CT molecular complexity index is 260. The van der Waals surface area contributed by atoms with Crippen LogP contribution in [0.25, 0.3) is 0 Å². The molecule has 106 valence electrons. The van der Waals surface area contributed by atoms with Gasteiger partial charge in [-0.05, 0) is 45.7 Å². The van der Waals surface area contributed by atoms with E-state index in [-0.39, 0.29) is 24.5 Å². The fraction of sp³-hybridized carbons (Fsp3) is 0.923. The molecule has 2 atom stereocenters. The van der Waals surface area contributed by atoms with E-state index in [4.69, 9.17) is 4.74 Å². The van der Waals surface area contributed by atoms with Crippen LogP contribution < -0.4 is 5.32 Å². The second-order valence-electron chi connectivity index (χ2n) is 5.43. The summed E-state index contributed by atoms with van der Waals surface area (Å²) in [6.45, 7) is 7.65. The summed E-state index contributed by atoms with van der Waals surface area (Å²) in [7, 11) is 0. The van der Waals surface area contributed by atoms with Crippen molar-refractivity contribution in [3.05, 3.63) is 0 Å². The third-order valence-electron chi connectivity index (χ3n) is 3.88. The van der Waals surface area contributed by atoms with E-state index in [2.05, 4.69) is 19.2 Å². The van der Waals surface area contributed by atoms with Crippen molar-refractivity contribution >= 4 is 18.3 Å². The molecule has 2 aliphatic rings. The first kappa shape index (κ1) is 15.7. The number of piperidine rings is 1. The first-order valence-corrected chi connectivity index (χ1v) is 6.78. The Balaban J connectivity index is 0.00000162. The van der Waals surface area contributed by atoms with Gasteiger partial charge >= 0.3 is 0 Å². The summed E-state index contributed by atoms with van der Waals surface area (Å²) in [5, 5.41) is 3.34. The highest BCUT2D eigenvalue weighted by Gasteiger charge is 2.30. The first-order valence-electron chi connectivity index (χ1n) is 6.78. The van der Waals surface area contributed by atoms with Crippen molar-refractivity contribution in [3.63, 3.8) is 0 Å². The molecule has 0 aromatic carbocycles. The topological polar surface area (TPSA) is 41.6 Å². The molecule has 0 saturated carbocycles. The van der Waals surface area contributed by atoms with Gasteiger partial charge in [-0.1, -0.05) is 0 Å². The molecule has 5 heteroatoms. The predicted octanol–water partition coefficient (Wildman–Crippen LogP) is 1.43. The van der Waals surface area contributed by atoms with Gasteiger partial charge in [0, 0.05) is 6.42 Å². The number of morpholine rings is 1. The number of hydrogen-bond acceptors (Lipinski definition) is 3. The van der Waals surface area contributed by atoms with Crippen molar-refractivity contribution < 1.29 is 9.53 Å². The molecule has 0 aliphatic carbocycles. The Labute approximate surface area is 116 Å². The molecule has 2 heterocycles. The van der Waals surface area contributed by atoms with Crippen LogP contribution in [0.5, 0.6) is 0 Å². The van der Waals surface area contributed by atoms with Crippen molar-refractivity contribution in [2.45, 2.75) is 45.2 Å². The van der Waals surface area contributed by atoms with Gasteiger partial charge in [0.25, 0.3) is 0 Å². The van der Waals surface area contributed by atoms with Crippen molar-refractivity contribution in [2.75, 3.05) is 26.3 Å². The smallest absolute Gasteiger partial charge is 0.223 e. The zero-order valence-corrected chi connectivity index (χ0v) is 12.2. The summed E-state index contributed by atoms with van der Waals surface area (Å²) in [4.78, 5) is 14.4. The summed E-state index contributed by atoms with van der Waals surface area (Å²) in [6.07, 6.45) is 2.99. The Morgan fingerprint density at radius 2 is 1.78 bits per heavy atom. The molecule has 2 unspecified atom stereocenters. The summed E-state index contributed by atoms with van der Waals surface area (Å²) in [5.41, 5.74) is 0. The molecule has 0 bridgehead atoms. The number of rotatable bonds is 2. The highest BCUT2D eigenvalue weighted by molar-refractivity contribution is 5.85. The maximum atomic E-state index is 12.3. The molecule has 2 saturated heterocycles. The Hall–Kier alpha value is -0.320. The summed E-state index contributed by atoms with van der Waals surface area (Å²) in [5.74, 6) is 0.895. The number of nitrogens with zero attached hydrogens (tertiary/aromatic N) is 1. The van der Waals surface area contributed by atoms with Gasteiger partial charge in [0.15, 0.2) is 0 Å². The Morgan fingerprint density at radius 3 is 2.33 bits per heavy atom. The van der Waals surface area contributed by atoms with Crippen LogP contribution in [0.15, 0.2) is 0 Å². The lowest BCUT2D eigenvalue weighted by Crippen LogP contribution is -2.53. The normalized spacial score (nSPS) is 29.8. The zero-order chi connectivity index (χ0) is 12.3. The Morgan fingerprint density at radius 1 is 1.22 bits per heavy atom. The van der Waals surface area contributed by atoms with Gasteiger partial charge in [0.05, 0.1) is 25.3 Å². The minimum absolute atomic E-state index is 0. The molecular weight excluding hydrogens is 252 g/mol. The van der Waals surface area contributed by atoms with Crippen molar-refractivity contribution in [3.8, 4) is 0 Å². The lowest BCUT2D eigenvalue weighted by molar-refractivity contribution is -0.145. The van der Waals surface area contributed by atoms with Crippen LogP contribution in [0.1, 0.15) is 33.1 Å². The molecule has 0 aromatic rings. The molecular formula is C13H25ClN2O2.